The van der Waals surface area contributed by atoms with Crippen LogP contribution in [0.2, 0.25) is 0 Å². The van der Waals surface area contributed by atoms with Gasteiger partial charge in [-0.25, -0.2) is 0 Å². The maximum atomic E-state index is 12.3. The summed E-state index contributed by atoms with van der Waals surface area (Å²) in [6, 6.07) is 6.22. The number of aryl methyl sites for hydroxylation is 2. The lowest BCUT2D eigenvalue weighted by molar-refractivity contribution is -0.141. The highest BCUT2D eigenvalue weighted by Gasteiger charge is 2.45. The molecule has 0 heterocycles. The monoisotopic (exact) mass is 294 g/mol. The molecule has 0 spiro atoms. The maximum Gasteiger partial charge on any atom is 0.306 e. The molecule has 0 saturated heterocycles. The number of ether oxygens (including phenoxy) is 1. The molecular formula is C16H22O3S. The molecule has 4 heteroatoms. The first-order valence-corrected chi connectivity index (χ1v) is 8.41. The Morgan fingerprint density at radius 2 is 2.00 bits per heavy atom. The molecule has 0 amide bonds. The Balaban J connectivity index is 1.92. The molecule has 1 saturated carbocycles. The minimum atomic E-state index is -0.919. The number of rotatable bonds is 6. The Morgan fingerprint density at radius 3 is 2.55 bits per heavy atom. The minimum absolute atomic E-state index is 0.0578. The second kappa shape index (κ2) is 6.08. The molecular weight excluding hydrogens is 272 g/mol. The first-order chi connectivity index (χ1) is 9.44. The number of esters is 1. The fourth-order valence-electron chi connectivity index (χ4n) is 2.40. The van der Waals surface area contributed by atoms with E-state index in [1.807, 2.05) is 6.07 Å². The lowest BCUT2D eigenvalue weighted by Gasteiger charge is -2.13. The van der Waals surface area contributed by atoms with E-state index in [4.69, 9.17) is 4.74 Å². The van der Waals surface area contributed by atoms with Crippen LogP contribution in [0.5, 0.6) is 0 Å². The quantitative estimate of drug-likeness (QED) is 0.758. The summed E-state index contributed by atoms with van der Waals surface area (Å²) in [7, 11) is 0.488. The van der Waals surface area contributed by atoms with E-state index in [9.17, 15) is 9.00 Å². The Kier molecular flexibility index (Phi) is 4.63. The predicted molar refractivity (Wildman–Crippen MR) is 80.9 cm³/mol. The third-order valence-electron chi connectivity index (χ3n) is 4.07. The van der Waals surface area contributed by atoms with Gasteiger partial charge >= 0.3 is 5.97 Å². The van der Waals surface area contributed by atoms with Gasteiger partial charge in [0, 0.05) is 22.3 Å². The Hall–Kier alpha value is -1.16. The van der Waals surface area contributed by atoms with Crippen molar-refractivity contribution in [1.29, 1.82) is 0 Å². The van der Waals surface area contributed by atoms with Gasteiger partial charge in [0.2, 0.25) is 0 Å². The summed E-state index contributed by atoms with van der Waals surface area (Å²) in [4.78, 5) is 11.4. The van der Waals surface area contributed by atoms with Crippen LogP contribution in [-0.4, -0.2) is 23.0 Å². The van der Waals surface area contributed by atoms with E-state index in [-0.39, 0.29) is 11.4 Å². The van der Waals surface area contributed by atoms with Crippen LogP contribution in [0, 0.1) is 19.3 Å². The second-order valence-electron chi connectivity index (χ2n) is 5.90. The van der Waals surface area contributed by atoms with Crippen LogP contribution in [0.25, 0.3) is 0 Å². The lowest BCUT2D eigenvalue weighted by Crippen LogP contribution is -2.18. The van der Waals surface area contributed by atoms with E-state index in [1.165, 1.54) is 18.2 Å². The maximum absolute atomic E-state index is 12.3. The van der Waals surface area contributed by atoms with Gasteiger partial charge in [-0.15, -0.1) is 0 Å². The molecule has 3 nitrogen and oxygen atoms in total. The topological polar surface area (TPSA) is 43.4 Å². The molecule has 1 aromatic rings. The highest BCUT2D eigenvalue weighted by Crippen LogP contribution is 2.49. The Labute approximate surface area is 123 Å². The van der Waals surface area contributed by atoms with Crippen molar-refractivity contribution < 1.29 is 13.7 Å². The molecule has 1 unspecified atom stereocenters. The van der Waals surface area contributed by atoms with Crippen molar-refractivity contribution >= 4 is 16.8 Å². The van der Waals surface area contributed by atoms with Crippen molar-refractivity contribution in [3.05, 3.63) is 34.9 Å². The molecule has 0 N–H and O–H groups in total. The zero-order chi connectivity index (χ0) is 14.8. The van der Waals surface area contributed by atoms with Gasteiger partial charge in [-0.1, -0.05) is 18.2 Å². The fourth-order valence-corrected chi connectivity index (χ4v) is 4.13. The zero-order valence-corrected chi connectivity index (χ0v) is 13.2. The summed E-state index contributed by atoms with van der Waals surface area (Å²) in [6.45, 7) is 4.15. The Bertz CT molecular complexity index is 533. The average Bonchev–Trinajstić information content (AvgIpc) is 3.13. The molecule has 1 aliphatic rings. The van der Waals surface area contributed by atoms with E-state index in [0.717, 1.165) is 18.4 Å². The summed E-state index contributed by atoms with van der Waals surface area (Å²) in [5.74, 6) is 0.990. The van der Waals surface area contributed by atoms with E-state index < -0.39 is 10.8 Å². The molecule has 0 bridgehead atoms. The second-order valence-corrected chi connectivity index (χ2v) is 7.36. The van der Waals surface area contributed by atoms with E-state index in [1.54, 1.807) is 0 Å². The van der Waals surface area contributed by atoms with Gasteiger partial charge in [-0.05, 0) is 48.8 Å². The molecule has 0 aliphatic heterocycles. The third kappa shape index (κ3) is 3.92. The standard InChI is InChI=1S/C16H22O3S/c1-12-4-5-14(8-13(12)2)10-20(18)11-16(6-7-16)9-15(17)19-3/h4-5,8H,6-7,9-11H2,1-3H3. The summed E-state index contributed by atoms with van der Waals surface area (Å²) in [6.07, 6.45) is 2.38. The van der Waals surface area contributed by atoms with Crippen molar-refractivity contribution in [3.8, 4) is 0 Å². The van der Waals surface area contributed by atoms with Crippen LogP contribution in [0.1, 0.15) is 36.0 Å². The number of hydrogen-bond acceptors (Lipinski definition) is 3. The first-order valence-electron chi connectivity index (χ1n) is 6.92. The van der Waals surface area contributed by atoms with Crippen LogP contribution in [0.15, 0.2) is 18.2 Å². The van der Waals surface area contributed by atoms with Crippen LogP contribution >= 0.6 is 0 Å². The highest BCUT2D eigenvalue weighted by atomic mass is 32.2. The van der Waals surface area contributed by atoms with Gasteiger partial charge < -0.3 is 4.74 Å². The van der Waals surface area contributed by atoms with Gasteiger partial charge in [-0.3, -0.25) is 9.00 Å². The minimum Gasteiger partial charge on any atom is -0.469 e. The van der Waals surface area contributed by atoms with Crippen LogP contribution in [-0.2, 0) is 26.1 Å². The molecule has 0 radical (unpaired) electrons. The summed E-state index contributed by atoms with van der Waals surface area (Å²) < 4.78 is 17.0. The van der Waals surface area contributed by atoms with Crippen molar-refractivity contribution in [1.82, 2.24) is 0 Å². The molecule has 20 heavy (non-hydrogen) atoms. The molecule has 1 aromatic carbocycles. The van der Waals surface area contributed by atoms with Gasteiger partial charge in [0.05, 0.1) is 13.5 Å². The average molecular weight is 294 g/mol. The number of carbonyl (C=O) groups is 1. The molecule has 1 fully saturated rings. The van der Waals surface area contributed by atoms with Crippen LogP contribution in [0.4, 0.5) is 0 Å². The number of hydrogen-bond donors (Lipinski definition) is 0. The molecule has 1 atom stereocenters. The van der Waals surface area contributed by atoms with Crippen LogP contribution < -0.4 is 0 Å². The lowest BCUT2D eigenvalue weighted by atomic mass is 10.1. The SMILES string of the molecule is COC(=O)CC1(CS(=O)Cc2ccc(C)c(C)c2)CC1. The number of carbonyl (C=O) groups excluding carboxylic acids is 1. The van der Waals surface area contributed by atoms with E-state index in [0.29, 0.717) is 17.9 Å². The van der Waals surface area contributed by atoms with Crippen molar-refractivity contribution in [2.45, 2.75) is 38.9 Å². The number of benzene rings is 1. The van der Waals surface area contributed by atoms with E-state index >= 15 is 0 Å². The number of methoxy groups -OCH3 is 1. The smallest absolute Gasteiger partial charge is 0.306 e. The summed E-state index contributed by atoms with van der Waals surface area (Å²) in [5.41, 5.74) is 3.54. The molecule has 110 valence electrons. The fraction of sp³-hybridized carbons (Fsp3) is 0.562. The molecule has 2 rings (SSSR count). The first kappa shape index (κ1) is 15.2. The van der Waals surface area contributed by atoms with E-state index in [2.05, 4.69) is 26.0 Å². The van der Waals surface area contributed by atoms with Gasteiger partial charge in [0.25, 0.3) is 0 Å². The van der Waals surface area contributed by atoms with Gasteiger partial charge in [0.15, 0.2) is 0 Å². The van der Waals surface area contributed by atoms with Crippen molar-refractivity contribution in [2.24, 2.45) is 5.41 Å². The van der Waals surface area contributed by atoms with Crippen LogP contribution in [0.3, 0.4) is 0 Å². The summed E-state index contributed by atoms with van der Waals surface area (Å²) >= 11 is 0. The summed E-state index contributed by atoms with van der Waals surface area (Å²) in [5, 5.41) is 0. The van der Waals surface area contributed by atoms with Gasteiger partial charge in [-0.2, -0.15) is 0 Å². The van der Waals surface area contributed by atoms with Crippen molar-refractivity contribution in [2.75, 3.05) is 12.9 Å². The molecule has 1 aliphatic carbocycles. The normalized spacial score (nSPS) is 17.6. The Morgan fingerprint density at radius 1 is 1.30 bits per heavy atom. The van der Waals surface area contributed by atoms with Gasteiger partial charge in [0.1, 0.15) is 0 Å². The molecule has 0 aromatic heterocycles. The zero-order valence-electron chi connectivity index (χ0n) is 12.4. The predicted octanol–water partition coefficient (Wildman–Crippen LogP) is 2.90. The largest absolute Gasteiger partial charge is 0.469 e. The highest BCUT2D eigenvalue weighted by molar-refractivity contribution is 7.84. The van der Waals surface area contributed by atoms with Crippen molar-refractivity contribution in [3.63, 3.8) is 0 Å². The third-order valence-corrected chi connectivity index (χ3v) is 5.66.